The molecule has 1 aliphatic rings. The van der Waals surface area contributed by atoms with Crippen molar-refractivity contribution < 1.29 is 9.53 Å². The fourth-order valence-corrected chi connectivity index (χ4v) is 2.16. The minimum absolute atomic E-state index is 0. The average Bonchev–Trinajstić information content (AvgIpc) is 2.78. The van der Waals surface area contributed by atoms with Gasteiger partial charge in [0, 0.05) is 26.1 Å². The van der Waals surface area contributed by atoms with Gasteiger partial charge in [0.25, 0.3) is 0 Å². The first-order valence-electron chi connectivity index (χ1n) is 6.39. The van der Waals surface area contributed by atoms with Gasteiger partial charge in [-0.1, -0.05) is 6.08 Å². The second kappa shape index (κ2) is 10.4. The van der Waals surface area contributed by atoms with Gasteiger partial charge in [0.05, 0.1) is 6.61 Å². The van der Waals surface area contributed by atoms with Crippen LogP contribution in [0.1, 0.15) is 19.3 Å². The molecule has 4 nitrogen and oxygen atoms in total. The lowest BCUT2D eigenvalue weighted by molar-refractivity contribution is -0.130. The fraction of sp³-hybridized carbons (Fsp3) is 0.769. The number of hydrogen-bond donors (Lipinski definition) is 1. The summed E-state index contributed by atoms with van der Waals surface area (Å²) in [5.41, 5.74) is 0. The number of hydrogen-bond acceptors (Lipinski definition) is 3. The monoisotopic (exact) mass is 276 g/mol. The van der Waals surface area contributed by atoms with Gasteiger partial charge in [-0.25, -0.2) is 0 Å². The van der Waals surface area contributed by atoms with Crippen LogP contribution in [-0.4, -0.2) is 50.7 Å². The molecule has 106 valence electrons. The molecule has 1 fully saturated rings. The molecule has 1 aliphatic heterocycles. The van der Waals surface area contributed by atoms with Crippen LogP contribution in [0, 0.1) is 5.92 Å². The van der Waals surface area contributed by atoms with Crippen LogP contribution in [0.25, 0.3) is 0 Å². The molecule has 0 aliphatic carbocycles. The number of likely N-dealkylation sites (tertiary alicyclic amines) is 1. The van der Waals surface area contributed by atoms with E-state index in [9.17, 15) is 4.79 Å². The number of nitrogens with zero attached hydrogens (tertiary/aromatic N) is 1. The van der Waals surface area contributed by atoms with Gasteiger partial charge >= 0.3 is 0 Å². The second-order valence-electron chi connectivity index (χ2n) is 4.52. The zero-order valence-electron chi connectivity index (χ0n) is 11.2. The minimum Gasteiger partial charge on any atom is -0.377 e. The molecule has 1 unspecified atom stereocenters. The summed E-state index contributed by atoms with van der Waals surface area (Å²) in [7, 11) is 1.96. The summed E-state index contributed by atoms with van der Waals surface area (Å²) >= 11 is 0. The molecule has 1 amide bonds. The Labute approximate surface area is 116 Å². The average molecular weight is 277 g/mol. The van der Waals surface area contributed by atoms with Crippen LogP contribution in [0.4, 0.5) is 0 Å². The Morgan fingerprint density at radius 3 is 3.06 bits per heavy atom. The maximum Gasteiger partial charge on any atom is 0.222 e. The van der Waals surface area contributed by atoms with Crippen molar-refractivity contribution in [1.29, 1.82) is 0 Å². The van der Waals surface area contributed by atoms with Crippen molar-refractivity contribution in [3.63, 3.8) is 0 Å². The summed E-state index contributed by atoms with van der Waals surface area (Å²) in [6, 6.07) is 0. The molecule has 1 heterocycles. The van der Waals surface area contributed by atoms with E-state index in [4.69, 9.17) is 4.74 Å². The van der Waals surface area contributed by atoms with Gasteiger partial charge in [-0.05, 0) is 32.4 Å². The Bertz CT molecular complexity index is 249. The molecule has 0 aromatic rings. The number of carbonyl (C=O) groups excluding carboxylic acids is 1. The molecule has 18 heavy (non-hydrogen) atoms. The van der Waals surface area contributed by atoms with Crippen LogP contribution in [0.15, 0.2) is 12.7 Å². The highest BCUT2D eigenvalue weighted by Gasteiger charge is 2.24. The van der Waals surface area contributed by atoms with Crippen molar-refractivity contribution in [2.45, 2.75) is 19.3 Å². The number of halogens is 1. The zero-order valence-corrected chi connectivity index (χ0v) is 12.0. The number of rotatable bonds is 8. The standard InChI is InChI=1S/C13H24N2O2.ClH/c1-3-8-17-9-4-5-13(16)15-7-6-12(11-15)10-14-2;/h3,12,14H,1,4-11H2,2H3;1H. The van der Waals surface area contributed by atoms with Crippen molar-refractivity contribution in [2.75, 3.05) is 39.9 Å². The van der Waals surface area contributed by atoms with Gasteiger partial charge in [0.1, 0.15) is 0 Å². The third-order valence-corrected chi connectivity index (χ3v) is 3.05. The first kappa shape index (κ1) is 17.4. The highest BCUT2D eigenvalue weighted by molar-refractivity contribution is 5.85. The summed E-state index contributed by atoms with van der Waals surface area (Å²) in [6.45, 7) is 7.62. The molecule has 0 aromatic carbocycles. The lowest BCUT2D eigenvalue weighted by Gasteiger charge is -2.16. The van der Waals surface area contributed by atoms with E-state index >= 15 is 0 Å². The topological polar surface area (TPSA) is 41.6 Å². The van der Waals surface area contributed by atoms with Crippen molar-refractivity contribution in [3.8, 4) is 0 Å². The summed E-state index contributed by atoms with van der Waals surface area (Å²) in [5, 5.41) is 3.17. The van der Waals surface area contributed by atoms with Crippen LogP contribution < -0.4 is 5.32 Å². The van der Waals surface area contributed by atoms with Crippen LogP contribution in [-0.2, 0) is 9.53 Å². The van der Waals surface area contributed by atoms with Gasteiger partial charge in [-0.3, -0.25) is 4.79 Å². The highest BCUT2D eigenvalue weighted by Crippen LogP contribution is 2.16. The smallest absolute Gasteiger partial charge is 0.222 e. The van der Waals surface area contributed by atoms with Gasteiger partial charge < -0.3 is 15.0 Å². The van der Waals surface area contributed by atoms with Gasteiger partial charge in [0.2, 0.25) is 5.91 Å². The van der Waals surface area contributed by atoms with Crippen LogP contribution in [0.3, 0.4) is 0 Å². The van der Waals surface area contributed by atoms with Gasteiger partial charge in [-0.2, -0.15) is 0 Å². The van der Waals surface area contributed by atoms with Gasteiger partial charge in [-0.15, -0.1) is 19.0 Å². The van der Waals surface area contributed by atoms with Crippen molar-refractivity contribution in [2.24, 2.45) is 5.92 Å². The molecule has 0 spiro atoms. The number of nitrogens with one attached hydrogen (secondary N) is 1. The first-order valence-corrected chi connectivity index (χ1v) is 6.39. The largest absolute Gasteiger partial charge is 0.377 e. The van der Waals surface area contributed by atoms with Crippen molar-refractivity contribution in [3.05, 3.63) is 12.7 Å². The Morgan fingerprint density at radius 1 is 1.61 bits per heavy atom. The summed E-state index contributed by atoms with van der Waals surface area (Å²) in [6.07, 6.45) is 4.26. The summed E-state index contributed by atoms with van der Waals surface area (Å²) < 4.78 is 5.26. The van der Waals surface area contributed by atoms with E-state index in [0.717, 1.165) is 32.5 Å². The minimum atomic E-state index is 0. The predicted octanol–water partition coefficient (Wildman–Crippen LogP) is 1.46. The quantitative estimate of drug-likeness (QED) is 0.539. The zero-order chi connectivity index (χ0) is 12.5. The molecule has 0 bridgehead atoms. The van der Waals surface area contributed by atoms with Crippen LogP contribution in [0.5, 0.6) is 0 Å². The predicted molar refractivity (Wildman–Crippen MR) is 76.1 cm³/mol. The molecule has 5 heteroatoms. The first-order chi connectivity index (χ1) is 8.27. The number of ether oxygens (including phenoxy) is 1. The molecule has 0 radical (unpaired) electrons. The Morgan fingerprint density at radius 2 is 2.39 bits per heavy atom. The van der Waals surface area contributed by atoms with E-state index in [-0.39, 0.29) is 18.3 Å². The number of amides is 1. The van der Waals surface area contributed by atoms with E-state index in [1.165, 1.54) is 0 Å². The Balaban J connectivity index is 0.00000289. The normalized spacial score (nSPS) is 18.5. The van der Waals surface area contributed by atoms with Crippen molar-refractivity contribution in [1.82, 2.24) is 10.2 Å². The molecule has 1 saturated heterocycles. The second-order valence-corrected chi connectivity index (χ2v) is 4.52. The maximum atomic E-state index is 11.9. The molecule has 1 rings (SSSR count). The SMILES string of the molecule is C=CCOCCCC(=O)N1CCC(CNC)C1.Cl. The van der Waals surface area contributed by atoms with Crippen LogP contribution in [0.2, 0.25) is 0 Å². The fourth-order valence-electron chi connectivity index (χ4n) is 2.16. The lowest BCUT2D eigenvalue weighted by atomic mass is 10.1. The van der Waals surface area contributed by atoms with Crippen LogP contribution >= 0.6 is 12.4 Å². The summed E-state index contributed by atoms with van der Waals surface area (Å²) in [5.74, 6) is 0.895. The highest BCUT2D eigenvalue weighted by atomic mass is 35.5. The van der Waals surface area contributed by atoms with E-state index in [0.29, 0.717) is 25.6 Å². The molecule has 0 aromatic heterocycles. The van der Waals surface area contributed by atoms with Crippen molar-refractivity contribution >= 4 is 18.3 Å². The molecule has 0 saturated carbocycles. The molecule has 1 atom stereocenters. The van der Waals surface area contributed by atoms with Gasteiger partial charge in [0.15, 0.2) is 0 Å². The summed E-state index contributed by atoms with van der Waals surface area (Å²) in [4.78, 5) is 13.8. The lowest BCUT2D eigenvalue weighted by Crippen LogP contribution is -2.30. The van der Waals surface area contributed by atoms with E-state index < -0.39 is 0 Å². The van der Waals surface area contributed by atoms with E-state index in [1.54, 1.807) is 6.08 Å². The molecular formula is C13H25ClN2O2. The third-order valence-electron chi connectivity index (χ3n) is 3.05. The maximum absolute atomic E-state index is 11.9. The van der Waals surface area contributed by atoms with E-state index in [2.05, 4.69) is 11.9 Å². The Hall–Kier alpha value is -0.580. The number of carbonyl (C=O) groups is 1. The van der Waals surface area contributed by atoms with E-state index in [1.807, 2.05) is 11.9 Å². The Kier molecular flexibility index (Phi) is 10.0. The molecule has 1 N–H and O–H groups in total. The molecular weight excluding hydrogens is 252 g/mol. The third kappa shape index (κ3) is 6.38.